The first-order valence-electron chi connectivity index (χ1n) is 8.67. The average molecular weight is 347 g/mol. The molecule has 130 valence electrons. The van der Waals surface area contributed by atoms with Crippen LogP contribution in [0.2, 0.25) is 6.04 Å². The zero-order valence-corrected chi connectivity index (χ0v) is 17.5. The van der Waals surface area contributed by atoms with Crippen LogP contribution < -0.4 is 0 Å². The molecule has 0 bridgehead atoms. The molecule has 0 heterocycles. The molecule has 0 rings (SSSR count). The lowest BCUT2D eigenvalue weighted by Crippen LogP contribution is -2.29. The second kappa shape index (κ2) is 15.5. The summed E-state index contributed by atoms with van der Waals surface area (Å²) >= 11 is 0. The predicted octanol–water partition coefficient (Wildman–Crippen LogP) is 2.08. The van der Waals surface area contributed by atoms with Gasteiger partial charge < -0.3 is 14.2 Å². The van der Waals surface area contributed by atoms with Crippen molar-refractivity contribution in [2.45, 2.75) is 64.8 Å². The first-order valence-corrected chi connectivity index (χ1v) is 14.5. The van der Waals surface area contributed by atoms with Crippen LogP contribution in [0.3, 0.4) is 0 Å². The fourth-order valence-electron chi connectivity index (χ4n) is 1.81. The van der Waals surface area contributed by atoms with Gasteiger partial charge in [-0.25, -0.2) is 4.79 Å². The van der Waals surface area contributed by atoms with Gasteiger partial charge >= 0.3 is 5.97 Å². The van der Waals surface area contributed by atoms with Crippen molar-refractivity contribution < 1.29 is 19.0 Å². The summed E-state index contributed by atoms with van der Waals surface area (Å²) < 4.78 is 16.9. The Bertz CT molecular complexity index is 288. The third kappa shape index (κ3) is 13.2. The molecule has 0 aliphatic rings. The fourth-order valence-corrected chi connectivity index (χ4v) is 7.58. The van der Waals surface area contributed by atoms with E-state index in [0.717, 1.165) is 45.3 Å². The maximum atomic E-state index is 11.2. The Labute approximate surface area is 140 Å². The molecular formula is C16H34O4Si2. The molecule has 0 N–H and O–H groups in total. The highest BCUT2D eigenvalue weighted by Crippen LogP contribution is 2.01. The van der Waals surface area contributed by atoms with E-state index in [1.54, 1.807) is 6.92 Å². The molecule has 22 heavy (non-hydrogen) atoms. The van der Waals surface area contributed by atoms with Crippen LogP contribution >= 0.6 is 0 Å². The van der Waals surface area contributed by atoms with Gasteiger partial charge in [0.15, 0.2) is 0 Å². The number of unbranched alkanes of at least 4 members (excludes halogenated alkanes) is 2. The van der Waals surface area contributed by atoms with Gasteiger partial charge in [-0.05, 0) is 26.2 Å². The number of hydrogen-bond donors (Lipinski definition) is 0. The predicted molar refractivity (Wildman–Crippen MR) is 97.8 cm³/mol. The molecule has 0 spiro atoms. The largest absolute Gasteiger partial charge is 0.462 e. The topological polar surface area (TPSA) is 44.8 Å². The molecule has 0 radical (unpaired) electrons. The zero-order valence-electron chi connectivity index (χ0n) is 14.7. The second-order valence-electron chi connectivity index (χ2n) is 5.64. The highest BCUT2D eigenvalue weighted by molar-refractivity contribution is 7.01. The molecular weight excluding hydrogens is 312 g/mol. The Morgan fingerprint density at radius 3 is 2.14 bits per heavy atom. The van der Waals surface area contributed by atoms with Crippen molar-refractivity contribution in [3.05, 3.63) is 12.2 Å². The van der Waals surface area contributed by atoms with Gasteiger partial charge in [0.1, 0.15) is 5.91 Å². The van der Waals surface area contributed by atoms with Gasteiger partial charge in [-0.3, -0.25) is 0 Å². The lowest BCUT2D eigenvalue weighted by Gasteiger charge is -2.18. The van der Waals surface area contributed by atoms with E-state index in [1.807, 2.05) is 0 Å². The minimum absolute atomic E-state index is 0.0937. The van der Waals surface area contributed by atoms with Crippen LogP contribution in [0.15, 0.2) is 12.2 Å². The molecule has 0 atom stereocenters. The van der Waals surface area contributed by atoms with E-state index in [-0.39, 0.29) is 30.0 Å². The number of hydrogen-bond acceptors (Lipinski definition) is 4. The van der Waals surface area contributed by atoms with E-state index in [4.69, 9.17) is 14.2 Å². The molecule has 0 aliphatic carbocycles. The van der Waals surface area contributed by atoms with E-state index in [9.17, 15) is 4.79 Å². The standard InChI is InChI=1S/C16H34O4Si2/c1-5-7-10-19-16(20-11-8-6-2)22-21-13-9-12-18-15(17)14(3)4/h16H,3,5-13,21-22H2,1-2,4H3. The zero-order chi connectivity index (χ0) is 16.6. The minimum Gasteiger partial charge on any atom is -0.462 e. The summed E-state index contributed by atoms with van der Waals surface area (Å²) in [6, 6.07) is 1.21. The van der Waals surface area contributed by atoms with Gasteiger partial charge in [0.2, 0.25) is 0 Å². The van der Waals surface area contributed by atoms with E-state index < -0.39 is 0 Å². The molecule has 0 aromatic carbocycles. The smallest absolute Gasteiger partial charge is 0.333 e. The van der Waals surface area contributed by atoms with Crippen LogP contribution in [0.4, 0.5) is 0 Å². The van der Waals surface area contributed by atoms with Crippen molar-refractivity contribution in [2.24, 2.45) is 0 Å². The molecule has 0 aliphatic heterocycles. The Morgan fingerprint density at radius 2 is 1.64 bits per heavy atom. The lowest BCUT2D eigenvalue weighted by molar-refractivity contribution is -0.138. The molecule has 0 unspecified atom stereocenters. The summed E-state index contributed by atoms with van der Waals surface area (Å²) in [4.78, 5) is 11.2. The quantitative estimate of drug-likeness (QED) is 0.150. The number of esters is 1. The van der Waals surface area contributed by atoms with Gasteiger partial charge in [0.25, 0.3) is 0 Å². The summed E-state index contributed by atoms with van der Waals surface area (Å²) in [5, 5.41) is 0. The first kappa shape index (κ1) is 21.6. The van der Waals surface area contributed by atoms with Crippen LogP contribution in [0.25, 0.3) is 0 Å². The van der Waals surface area contributed by atoms with Crippen LogP contribution in [0, 0.1) is 0 Å². The van der Waals surface area contributed by atoms with Gasteiger partial charge in [0.05, 0.1) is 15.6 Å². The van der Waals surface area contributed by atoms with Crippen molar-refractivity contribution in [3.8, 4) is 0 Å². The number of carbonyl (C=O) groups excluding carboxylic acids is 1. The van der Waals surface area contributed by atoms with E-state index in [1.165, 1.54) is 6.04 Å². The summed E-state index contributed by atoms with van der Waals surface area (Å²) in [5.41, 5.74) is 0.473. The first-order chi connectivity index (χ1) is 10.6. The van der Waals surface area contributed by atoms with E-state index >= 15 is 0 Å². The molecule has 0 saturated heterocycles. The lowest BCUT2D eigenvalue weighted by atomic mass is 10.4. The van der Waals surface area contributed by atoms with Crippen LogP contribution in [-0.2, 0) is 19.0 Å². The Balaban J connectivity index is 3.71. The Kier molecular flexibility index (Phi) is 15.2. The van der Waals surface area contributed by atoms with Crippen LogP contribution in [-0.4, -0.2) is 49.8 Å². The second-order valence-corrected chi connectivity index (χ2v) is 12.2. The van der Waals surface area contributed by atoms with E-state index in [0.29, 0.717) is 12.2 Å². The molecule has 0 saturated carbocycles. The Morgan fingerprint density at radius 1 is 1.05 bits per heavy atom. The molecule has 4 nitrogen and oxygen atoms in total. The highest BCUT2D eigenvalue weighted by atomic mass is 29.1. The Hall–Kier alpha value is -0.436. The van der Waals surface area contributed by atoms with Crippen LogP contribution in [0.1, 0.15) is 52.9 Å². The summed E-state index contributed by atoms with van der Waals surface area (Å²) in [6.07, 6.45) is 5.51. The SMILES string of the molecule is C=C(C)C(=O)OCCC[SiH2][SiH2]C(OCCCC)OCCCC. The third-order valence-corrected chi connectivity index (χ3v) is 9.76. The van der Waals surface area contributed by atoms with Gasteiger partial charge in [-0.1, -0.05) is 39.3 Å². The van der Waals surface area contributed by atoms with Gasteiger partial charge in [-0.2, -0.15) is 0 Å². The number of rotatable bonds is 15. The number of carbonyl (C=O) groups is 1. The molecule has 0 aromatic rings. The van der Waals surface area contributed by atoms with Crippen LogP contribution in [0.5, 0.6) is 0 Å². The summed E-state index contributed by atoms with van der Waals surface area (Å²) in [7, 11) is -0.351. The normalized spacial score (nSPS) is 12.0. The van der Waals surface area contributed by atoms with Crippen molar-refractivity contribution in [1.29, 1.82) is 0 Å². The maximum absolute atomic E-state index is 11.2. The maximum Gasteiger partial charge on any atom is 0.333 e. The van der Waals surface area contributed by atoms with Crippen molar-refractivity contribution in [1.82, 2.24) is 0 Å². The van der Waals surface area contributed by atoms with Gasteiger partial charge in [0, 0.05) is 27.8 Å². The van der Waals surface area contributed by atoms with Crippen molar-refractivity contribution in [3.63, 3.8) is 0 Å². The third-order valence-electron chi connectivity index (χ3n) is 3.27. The van der Waals surface area contributed by atoms with Crippen molar-refractivity contribution >= 4 is 24.0 Å². The summed E-state index contributed by atoms with van der Waals surface area (Å²) in [6.45, 7) is 11.8. The monoisotopic (exact) mass is 346 g/mol. The van der Waals surface area contributed by atoms with Gasteiger partial charge in [-0.15, -0.1) is 0 Å². The molecule has 0 fully saturated rings. The fraction of sp³-hybridized carbons (Fsp3) is 0.812. The molecule has 0 amide bonds. The molecule has 6 heteroatoms. The minimum atomic E-state index is -0.275. The molecule has 0 aromatic heterocycles. The van der Waals surface area contributed by atoms with Crippen molar-refractivity contribution in [2.75, 3.05) is 19.8 Å². The van der Waals surface area contributed by atoms with E-state index in [2.05, 4.69) is 20.4 Å². The highest BCUT2D eigenvalue weighted by Gasteiger charge is 2.10. The summed E-state index contributed by atoms with van der Waals surface area (Å²) in [5.74, 6) is -0.162. The number of ether oxygens (including phenoxy) is 3. The average Bonchev–Trinajstić information content (AvgIpc) is 2.50.